The van der Waals surface area contributed by atoms with Gasteiger partial charge in [0.15, 0.2) is 0 Å². The fourth-order valence-corrected chi connectivity index (χ4v) is 1.95. The molecule has 1 saturated carbocycles. The maximum atomic E-state index is 2.35. The first kappa shape index (κ1) is 5.93. The van der Waals surface area contributed by atoms with Gasteiger partial charge in [-0.3, -0.25) is 0 Å². The second kappa shape index (κ2) is 1.61. The topological polar surface area (TPSA) is 35.0 Å². The van der Waals surface area contributed by atoms with Crippen molar-refractivity contribution in [3.63, 3.8) is 0 Å². The lowest BCUT2D eigenvalue weighted by atomic mass is 10.2. The van der Waals surface area contributed by atoms with Gasteiger partial charge in [-0.25, -0.2) is 0 Å². The Hall–Kier alpha value is -0.820. The van der Waals surface area contributed by atoms with Gasteiger partial charge in [-0.1, -0.05) is 24.3 Å². The normalized spacial score (nSPS) is 30.8. The molecule has 2 unspecified atom stereocenters. The van der Waals surface area contributed by atoms with Crippen LogP contribution in [0, 0.1) is 0 Å². The number of hydrogen-bond acceptors (Lipinski definition) is 1. The molecule has 1 heteroatoms. The lowest BCUT2D eigenvalue weighted by molar-refractivity contribution is 1.11. The van der Waals surface area contributed by atoms with Gasteiger partial charge in [0.1, 0.15) is 0 Å². The molecular weight excluding hydrogens is 122 g/mol. The molecule has 2 aliphatic carbocycles. The molecule has 0 aromatic heterocycles. The minimum atomic E-state index is 0. The molecule has 2 aliphatic rings. The van der Waals surface area contributed by atoms with Crippen molar-refractivity contribution >= 4 is 0 Å². The molecule has 10 heavy (non-hydrogen) atoms. The molecule has 0 heterocycles. The summed E-state index contributed by atoms with van der Waals surface area (Å²) >= 11 is 0. The summed E-state index contributed by atoms with van der Waals surface area (Å²) in [5.74, 6) is 1.88. The standard InChI is InChI=1S/C9H8.H3N/c1-2-6-4-7(3-1)9-5-8(6)9;/h1-4,8-9H,5H2;1H3. The van der Waals surface area contributed by atoms with Crippen molar-refractivity contribution in [2.45, 2.75) is 18.3 Å². The summed E-state index contributed by atoms with van der Waals surface area (Å²) in [6.45, 7) is 0. The van der Waals surface area contributed by atoms with Gasteiger partial charge in [-0.2, -0.15) is 0 Å². The van der Waals surface area contributed by atoms with Crippen LogP contribution in [0.15, 0.2) is 24.3 Å². The molecule has 0 radical (unpaired) electrons. The van der Waals surface area contributed by atoms with E-state index >= 15 is 0 Å². The van der Waals surface area contributed by atoms with Crippen molar-refractivity contribution in [1.82, 2.24) is 6.15 Å². The minimum Gasteiger partial charge on any atom is -0.344 e. The van der Waals surface area contributed by atoms with Crippen molar-refractivity contribution in [1.29, 1.82) is 0 Å². The van der Waals surface area contributed by atoms with Crippen LogP contribution in [-0.2, 0) is 0 Å². The summed E-state index contributed by atoms with van der Waals surface area (Å²) in [5, 5.41) is 0. The van der Waals surface area contributed by atoms with E-state index in [4.69, 9.17) is 0 Å². The van der Waals surface area contributed by atoms with Crippen LogP contribution in [0.4, 0.5) is 0 Å². The average Bonchev–Trinajstić information content (AvgIpc) is 2.62. The van der Waals surface area contributed by atoms with Gasteiger partial charge in [-0.05, 0) is 29.4 Å². The second-order valence-corrected chi connectivity index (χ2v) is 3.12. The number of benzene rings is 1. The van der Waals surface area contributed by atoms with Crippen LogP contribution in [0.1, 0.15) is 29.4 Å². The lowest BCUT2D eigenvalue weighted by Gasteiger charge is -1.90. The Morgan fingerprint density at radius 2 is 1.70 bits per heavy atom. The first-order chi connectivity index (χ1) is 4.45. The van der Waals surface area contributed by atoms with E-state index in [2.05, 4.69) is 24.3 Å². The molecule has 2 bridgehead atoms. The molecule has 1 fully saturated rings. The summed E-state index contributed by atoms with van der Waals surface area (Å²) in [7, 11) is 0. The summed E-state index contributed by atoms with van der Waals surface area (Å²) in [5.41, 5.74) is 3.16. The SMILES string of the molecule is N.c1cc2cc(c1)C1CC21. The summed E-state index contributed by atoms with van der Waals surface area (Å²) in [4.78, 5) is 0. The Kier molecular flexibility index (Phi) is 0.955. The van der Waals surface area contributed by atoms with Gasteiger partial charge in [0.2, 0.25) is 0 Å². The molecule has 3 N–H and O–H groups in total. The van der Waals surface area contributed by atoms with Gasteiger partial charge in [0.25, 0.3) is 0 Å². The second-order valence-electron chi connectivity index (χ2n) is 3.12. The number of rotatable bonds is 0. The van der Waals surface area contributed by atoms with E-state index in [1.165, 1.54) is 6.42 Å². The molecule has 0 amide bonds. The molecule has 1 aromatic rings. The molecule has 1 nitrogen and oxygen atoms in total. The van der Waals surface area contributed by atoms with Crippen LogP contribution >= 0.6 is 0 Å². The van der Waals surface area contributed by atoms with Crippen LogP contribution in [0.2, 0.25) is 0 Å². The van der Waals surface area contributed by atoms with Gasteiger partial charge in [-0.15, -0.1) is 0 Å². The van der Waals surface area contributed by atoms with Crippen LogP contribution in [-0.4, -0.2) is 0 Å². The third-order valence-electron chi connectivity index (χ3n) is 2.56. The van der Waals surface area contributed by atoms with Crippen LogP contribution < -0.4 is 6.15 Å². The first-order valence-electron chi connectivity index (χ1n) is 3.55. The Bertz CT molecular complexity index is 244. The minimum absolute atomic E-state index is 0. The van der Waals surface area contributed by atoms with E-state index in [0.717, 1.165) is 11.8 Å². The van der Waals surface area contributed by atoms with Gasteiger partial charge in [0.05, 0.1) is 0 Å². The molecule has 2 atom stereocenters. The third-order valence-corrected chi connectivity index (χ3v) is 2.56. The predicted molar refractivity (Wildman–Crippen MR) is 41.6 cm³/mol. The molecular formula is C9H11N. The van der Waals surface area contributed by atoms with E-state index in [1.54, 1.807) is 11.1 Å². The monoisotopic (exact) mass is 133 g/mol. The van der Waals surface area contributed by atoms with Crippen molar-refractivity contribution in [2.75, 3.05) is 0 Å². The zero-order chi connectivity index (χ0) is 5.84. The molecule has 0 aliphatic heterocycles. The largest absolute Gasteiger partial charge is 0.344 e. The first-order valence-corrected chi connectivity index (χ1v) is 3.55. The summed E-state index contributed by atoms with van der Waals surface area (Å²) in [6, 6.07) is 9.03. The van der Waals surface area contributed by atoms with Crippen LogP contribution in [0.25, 0.3) is 0 Å². The smallest absolute Gasteiger partial charge is 0.00867 e. The summed E-state index contributed by atoms with van der Waals surface area (Å²) < 4.78 is 0. The Balaban J connectivity index is 0.000000403. The quantitative estimate of drug-likeness (QED) is 0.579. The van der Waals surface area contributed by atoms with E-state index in [0.29, 0.717) is 0 Å². The van der Waals surface area contributed by atoms with Crippen molar-refractivity contribution in [3.05, 3.63) is 35.4 Å². The third kappa shape index (κ3) is 0.510. The van der Waals surface area contributed by atoms with E-state index in [-0.39, 0.29) is 6.15 Å². The molecule has 3 rings (SSSR count). The zero-order valence-corrected chi connectivity index (χ0v) is 5.88. The van der Waals surface area contributed by atoms with Gasteiger partial charge in [0, 0.05) is 0 Å². The molecule has 0 saturated heterocycles. The average molecular weight is 133 g/mol. The Morgan fingerprint density at radius 3 is 2.20 bits per heavy atom. The number of hydrogen-bond donors (Lipinski definition) is 1. The fourth-order valence-electron chi connectivity index (χ4n) is 1.95. The number of fused-ring (bicyclic) bond motifs is 5. The molecule has 52 valence electrons. The van der Waals surface area contributed by atoms with Crippen LogP contribution in [0.3, 0.4) is 0 Å². The predicted octanol–water partition coefficient (Wildman–Crippen LogP) is 2.43. The Morgan fingerprint density at radius 1 is 1.10 bits per heavy atom. The van der Waals surface area contributed by atoms with E-state index < -0.39 is 0 Å². The highest BCUT2D eigenvalue weighted by Gasteiger charge is 2.43. The van der Waals surface area contributed by atoms with E-state index in [9.17, 15) is 0 Å². The highest BCUT2D eigenvalue weighted by atomic mass is 14.5. The van der Waals surface area contributed by atoms with Crippen molar-refractivity contribution < 1.29 is 0 Å². The highest BCUT2D eigenvalue weighted by Crippen LogP contribution is 2.59. The fraction of sp³-hybridized carbons (Fsp3) is 0.333. The summed E-state index contributed by atoms with van der Waals surface area (Å²) in [6.07, 6.45) is 1.43. The van der Waals surface area contributed by atoms with Gasteiger partial charge < -0.3 is 6.15 Å². The van der Waals surface area contributed by atoms with E-state index in [1.807, 2.05) is 0 Å². The van der Waals surface area contributed by atoms with Crippen molar-refractivity contribution in [2.24, 2.45) is 0 Å². The van der Waals surface area contributed by atoms with Crippen LogP contribution in [0.5, 0.6) is 0 Å². The zero-order valence-electron chi connectivity index (χ0n) is 5.88. The van der Waals surface area contributed by atoms with Gasteiger partial charge >= 0.3 is 0 Å². The highest BCUT2D eigenvalue weighted by molar-refractivity contribution is 5.45. The maximum Gasteiger partial charge on any atom is -0.00867 e. The molecule has 0 spiro atoms. The Labute approximate surface area is 60.7 Å². The molecule has 1 aromatic carbocycles. The van der Waals surface area contributed by atoms with Crippen molar-refractivity contribution in [3.8, 4) is 0 Å². The maximum absolute atomic E-state index is 2.35. The lowest BCUT2D eigenvalue weighted by Crippen LogP contribution is -1.72.